The van der Waals surface area contributed by atoms with Crippen LogP contribution in [0.5, 0.6) is 17.2 Å². The number of phenolic OH excluding ortho intramolecular Hbond substituents is 3. The molecule has 3 N–H and O–H groups in total. The molecule has 0 aliphatic heterocycles. The van der Waals surface area contributed by atoms with Gasteiger partial charge in [-0.25, -0.2) is 28.1 Å². The summed E-state index contributed by atoms with van der Waals surface area (Å²) in [7, 11) is 0. The highest BCUT2D eigenvalue weighted by atomic mass is 16.3. The van der Waals surface area contributed by atoms with Crippen LogP contribution in [0.4, 0.5) is 0 Å². The van der Waals surface area contributed by atoms with Gasteiger partial charge in [0.15, 0.2) is 0 Å². The van der Waals surface area contributed by atoms with Crippen LogP contribution in [-0.2, 0) is 47.7 Å². The van der Waals surface area contributed by atoms with Crippen LogP contribution in [0.25, 0.3) is 0 Å². The van der Waals surface area contributed by atoms with Gasteiger partial charge in [-0.15, -0.1) is 0 Å². The first-order valence-electron chi connectivity index (χ1n) is 18.6. The molecule has 1 heterocycles. The standard InChI is InChI=1S/C44H61N3O6/c1-26(2)17-30-18-27(19-33(36(30)49)42(6,7)8)23-45-38(51)46(24-28-20-34(43(9,10)11)37(50)35(21-28)44(12,13)14)40(53)47(39(45)52)25-29-15-16-31(48)22-32(29)41(3,4)5/h15-16,18-22,26,48-50H,17,23-25H2,1-14H3. The molecule has 53 heavy (non-hydrogen) atoms. The summed E-state index contributed by atoms with van der Waals surface area (Å²) in [5.41, 5.74) is 1.57. The Bertz CT molecular complexity index is 2150. The van der Waals surface area contributed by atoms with Crippen LogP contribution in [0.2, 0.25) is 0 Å². The van der Waals surface area contributed by atoms with E-state index >= 15 is 0 Å². The summed E-state index contributed by atoms with van der Waals surface area (Å²) in [6, 6.07) is 12.2. The molecule has 9 nitrogen and oxygen atoms in total. The molecule has 0 spiro atoms. The molecule has 288 valence electrons. The lowest BCUT2D eigenvalue weighted by atomic mass is 9.78. The van der Waals surface area contributed by atoms with Gasteiger partial charge in [-0.1, -0.05) is 109 Å². The predicted molar refractivity (Wildman–Crippen MR) is 214 cm³/mol. The normalized spacial score (nSPS) is 12.9. The van der Waals surface area contributed by atoms with Crippen LogP contribution in [0.3, 0.4) is 0 Å². The second-order valence-corrected chi connectivity index (χ2v) is 19.2. The highest BCUT2D eigenvalue weighted by molar-refractivity contribution is 5.50. The Morgan fingerprint density at radius 1 is 0.491 bits per heavy atom. The zero-order valence-electron chi connectivity index (χ0n) is 34.4. The Kier molecular flexibility index (Phi) is 11.2. The smallest absolute Gasteiger partial charge is 0.336 e. The molecule has 0 saturated carbocycles. The van der Waals surface area contributed by atoms with E-state index < -0.39 is 38.7 Å². The first-order valence-corrected chi connectivity index (χ1v) is 18.6. The van der Waals surface area contributed by atoms with Gasteiger partial charge >= 0.3 is 17.1 Å². The van der Waals surface area contributed by atoms with Gasteiger partial charge in [0, 0.05) is 0 Å². The maximum Gasteiger partial charge on any atom is 0.336 e. The van der Waals surface area contributed by atoms with Crippen molar-refractivity contribution in [2.24, 2.45) is 5.92 Å². The average molecular weight is 728 g/mol. The van der Waals surface area contributed by atoms with E-state index in [4.69, 9.17) is 0 Å². The molecule has 4 rings (SSSR count). The highest BCUT2D eigenvalue weighted by Gasteiger charge is 2.28. The van der Waals surface area contributed by atoms with Crippen molar-refractivity contribution in [2.45, 2.75) is 145 Å². The van der Waals surface area contributed by atoms with Gasteiger partial charge in [0.1, 0.15) is 17.2 Å². The molecule has 0 unspecified atom stereocenters. The minimum absolute atomic E-state index is 0.0734. The van der Waals surface area contributed by atoms with Crippen molar-refractivity contribution in [3.05, 3.63) is 118 Å². The number of rotatable bonds is 8. The summed E-state index contributed by atoms with van der Waals surface area (Å²) in [5.74, 6) is 0.715. The van der Waals surface area contributed by atoms with Crippen molar-refractivity contribution in [1.82, 2.24) is 13.7 Å². The Balaban J connectivity index is 2.06. The molecule has 0 saturated heterocycles. The minimum Gasteiger partial charge on any atom is -0.508 e. The third-order valence-electron chi connectivity index (χ3n) is 9.77. The summed E-state index contributed by atoms with van der Waals surface area (Å²) < 4.78 is 3.30. The summed E-state index contributed by atoms with van der Waals surface area (Å²) in [5, 5.41) is 33.1. The number of phenols is 3. The lowest BCUT2D eigenvalue weighted by molar-refractivity contribution is 0.422. The molecule has 0 aliphatic carbocycles. The number of aromatic nitrogens is 3. The van der Waals surface area contributed by atoms with Crippen molar-refractivity contribution in [2.75, 3.05) is 0 Å². The van der Waals surface area contributed by atoms with Gasteiger partial charge in [0.2, 0.25) is 0 Å². The Morgan fingerprint density at radius 2 is 0.868 bits per heavy atom. The number of benzene rings is 3. The van der Waals surface area contributed by atoms with Crippen molar-refractivity contribution in [3.8, 4) is 17.2 Å². The van der Waals surface area contributed by atoms with E-state index in [0.29, 0.717) is 39.8 Å². The summed E-state index contributed by atoms with van der Waals surface area (Å²) in [6.45, 7) is 27.7. The van der Waals surface area contributed by atoms with Crippen molar-refractivity contribution in [3.63, 3.8) is 0 Å². The van der Waals surface area contributed by atoms with Crippen LogP contribution in [-0.4, -0.2) is 29.0 Å². The molecule has 0 fully saturated rings. The third-order valence-corrected chi connectivity index (χ3v) is 9.77. The topological polar surface area (TPSA) is 127 Å². The van der Waals surface area contributed by atoms with E-state index in [1.807, 2.05) is 107 Å². The highest BCUT2D eigenvalue weighted by Crippen LogP contribution is 2.40. The van der Waals surface area contributed by atoms with Gasteiger partial charge in [-0.3, -0.25) is 0 Å². The number of hydrogen-bond donors (Lipinski definition) is 3. The fraction of sp³-hybridized carbons (Fsp3) is 0.523. The maximum absolute atomic E-state index is 14.5. The molecular formula is C44H61N3O6. The second kappa shape index (κ2) is 14.4. The Morgan fingerprint density at radius 3 is 1.26 bits per heavy atom. The van der Waals surface area contributed by atoms with Gasteiger partial charge in [-0.2, -0.15) is 0 Å². The maximum atomic E-state index is 14.5. The van der Waals surface area contributed by atoms with Gasteiger partial charge < -0.3 is 15.3 Å². The van der Waals surface area contributed by atoms with Crippen molar-refractivity contribution < 1.29 is 15.3 Å². The van der Waals surface area contributed by atoms with E-state index in [1.165, 1.54) is 6.07 Å². The van der Waals surface area contributed by atoms with Crippen molar-refractivity contribution >= 4 is 0 Å². The molecule has 0 bridgehead atoms. The molecule has 0 atom stereocenters. The number of hydrogen-bond acceptors (Lipinski definition) is 6. The molecule has 3 aromatic carbocycles. The molecular weight excluding hydrogens is 666 g/mol. The summed E-state index contributed by atoms with van der Waals surface area (Å²) >= 11 is 0. The summed E-state index contributed by atoms with van der Waals surface area (Å²) in [6.07, 6.45) is 0.602. The Hall–Kier alpha value is -4.53. The van der Waals surface area contributed by atoms with E-state index in [-0.39, 0.29) is 42.8 Å². The van der Waals surface area contributed by atoms with Gasteiger partial charge in [0.25, 0.3) is 0 Å². The summed E-state index contributed by atoms with van der Waals surface area (Å²) in [4.78, 5) is 43.4. The van der Waals surface area contributed by atoms with Crippen LogP contribution in [0.1, 0.15) is 141 Å². The van der Waals surface area contributed by atoms with E-state index in [2.05, 4.69) is 13.8 Å². The number of nitrogens with zero attached hydrogens (tertiary/aromatic N) is 3. The van der Waals surface area contributed by atoms with Crippen LogP contribution in [0.15, 0.2) is 56.8 Å². The Labute approximate surface area is 314 Å². The van der Waals surface area contributed by atoms with E-state index in [1.54, 1.807) is 12.1 Å². The van der Waals surface area contributed by atoms with Crippen LogP contribution >= 0.6 is 0 Å². The molecule has 1 aromatic heterocycles. The molecule has 0 aliphatic rings. The monoisotopic (exact) mass is 727 g/mol. The zero-order valence-corrected chi connectivity index (χ0v) is 34.4. The quantitative estimate of drug-likeness (QED) is 0.170. The van der Waals surface area contributed by atoms with E-state index in [9.17, 15) is 29.7 Å². The largest absolute Gasteiger partial charge is 0.508 e. The zero-order chi connectivity index (χ0) is 40.2. The fourth-order valence-corrected chi connectivity index (χ4v) is 6.97. The lowest BCUT2D eigenvalue weighted by Gasteiger charge is -2.28. The fourth-order valence-electron chi connectivity index (χ4n) is 6.97. The SMILES string of the molecule is CC(C)Cc1cc(Cn2c(=O)n(Cc3cc(C(C)(C)C)c(O)c(C(C)(C)C)c3)c(=O)n(Cc3ccc(O)cc3C(C)(C)C)c2=O)cc(C(C)(C)C)c1O. The first-order chi connectivity index (χ1) is 24.1. The van der Waals surface area contributed by atoms with Crippen molar-refractivity contribution in [1.29, 1.82) is 0 Å². The average Bonchev–Trinajstić information content (AvgIpc) is 2.99. The first kappa shape index (κ1) is 41.2. The van der Waals surface area contributed by atoms with Crippen LogP contribution < -0.4 is 17.1 Å². The van der Waals surface area contributed by atoms with Gasteiger partial charge in [0.05, 0.1) is 19.6 Å². The molecule has 4 aromatic rings. The van der Waals surface area contributed by atoms with Crippen LogP contribution in [0, 0.1) is 5.92 Å². The van der Waals surface area contributed by atoms with E-state index in [0.717, 1.165) is 24.8 Å². The molecule has 0 radical (unpaired) electrons. The van der Waals surface area contributed by atoms with Gasteiger partial charge in [-0.05, 0) is 109 Å². The molecule has 9 heteroatoms. The molecule has 0 amide bonds. The predicted octanol–water partition coefficient (Wildman–Crippen LogP) is 7.82. The minimum atomic E-state index is -0.756. The third kappa shape index (κ3) is 8.99. The number of aromatic hydroxyl groups is 3. The lowest BCUT2D eigenvalue weighted by Crippen LogP contribution is -2.55. The second-order valence-electron chi connectivity index (χ2n) is 19.2.